The first-order valence-electron chi connectivity index (χ1n) is 4.65. The van der Waals surface area contributed by atoms with Crippen molar-refractivity contribution in [1.29, 1.82) is 0 Å². The normalized spacial score (nSPS) is 11.6. The minimum atomic E-state index is -0.478. The maximum absolute atomic E-state index is 10.8. The monoisotopic (exact) mass is 224 g/mol. The second kappa shape index (κ2) is 5.79. The van der Waals surface area contributed by atoms with E-state index in [2.05, 4.69) is 14.9 Å². The molecule has 6 nitrogen and oxygen atoms in total. The Labute approximate surface area is 92.6 Å². The maximum Gasteiger partial charge on any atom is 0.343 e. The third-order valence-electron chi connectivity index (χ3n) is 1.97. The zero-order valence-corrected chi connectivity index (χ0v) is 9.04. The first-order chi connectivity index (χ1) is 7.67. The SMILES string of the molecule is COC(=O)COc1ccc(C(C)N=O)cn1. The average molecular weight is 224 g/mol. The van der Waals surface area contributed by atoms with Gasteiger partial charge >= 0.3 is 5.97 Å². The zero-order chi connectivity index (χ0) is 12.0. The summed E-state index contributed by atoms with van der Waals surface area (Å²) in [6.07, 6.45) is 1.48. The van der Waals surface area contributed by atoms with E-state index in [1.54, 1.807) is 19.1 Å². The molecule has 0 amide bonds. The Hall–Kier alpha value is -1.98. The molecule has 6 heteroatoms. The Balaban J connectivity index is 2.57. The van der Waals surface area contributed by atoms with Crippen molar-refractivity contribution in [3.8, 4) is 5.88 Å². The van der Waals surface area contributed by atoms with Crippen LogP contribution in [-0.4, -0.2) is 24.7 Å². The van der Waals surface area contributed by atoms with Gasteiger partial charge in [0.15, 0.2) is 6.61 Å². The predicted octanol–water partition coefficient (Wildman–Crippen LogP) is 1.46. The van der Waals surface area contributed by atoms with Crippen molar-refractivity contribution in [2.75, 3.05) is 13.7 Å². The highest BCUT2D eigenvalue weighted by molar-refractivity contribution is 5.70. The lowest BCUT2D eigenvalue weighted by molar-refractivity contribution is -0.143. The summed E-state index contributed by atoms with van der Waals surface area (Å²) in [6.45, 7) is 1.48. The zero-order valence-electron chi connectivity index (χ0n) is 9.04. The predicted molar refractivity (Wildman–Crippen MR) is 56.0 cm³/mol. The van der Waals surface area contributed by atoms with Crippen LogP contribution in [0.3, 0.4) is 0 Å². The van der Waals surface area contributed by atoms with Crippen LogP contribution in [0, 0.1) is 4.91 Å². The molecule has 1 atom stereocenters. The van der Waals surface area contributed by atoms with Crippen LogP contribution < -0.4 is 4.74 Å². The number of hydrogen-bond donors (Lipinski definition) is 0. The smallest absolute Gasteiger partial charge is 0.343 e. The van der Waals surface area contributed by atoms with Crippen LogP contribution in [-0.2, 0) is 9.53 Å². The minimum absolute atomic E-state index is 0.190. The molecule has 0 saturated heterocycles. The molecule has 0 aliphatic heterocycles. The van der Waals surface area contributed by atoms with Gasteiger partial charge in [0.1, 0.15) is 6.04 Å². The molecule has 1 heterocycles. The fraction of sp³-hybridized carbons (Fsp3) is 0.400. The van der Waals surface area contributed by atoms with Crippen LogP contribution in [0.25, 0.3) is 0 Å². The second-order valence-corrected chi connectivity index (χ2v) is 3.08. The number of nitrogens with zero attached hydrogens (tertiary/aromatic N) is 2. The van der Waals surface area contributed by atoms with Crippen LogP contribution >= 0.6 is 0 Å². The molecule has 1 aromatic rings. The van der Waals surface area contributed by atoms with Crippen LogP contribution in [0.5, 0.6) is 5.88 Å². The van der Waals surface area contributed by atoms with E-state index in [4.69, 9.17) is 4.74 Å². The molecule has 0 bridgehead atoms. The molecule has 0 aliphatic carbocycles. The number of methoxy groups -OCH3 is 1. The highest BCUT2D eigenvalue weighted by atomic mass is 16.6. The fourth-order valence-corrected chi connectivity index (χ4v) is 0.977. The van der Waals surface area contributed by atoms with Crippen molar-refractivity contribution in [2.24, 2.45) is 5.18 Å². The van der Waals surface area contributed by atoms with E-state index in [1.165, 1.54) is 13.3 Å². The van der Waals surface area contributed by atoms with Gasteiger partial charge in [0.05, 0.1) is 7.11 Å². The Morgan fingerprint density at radius 3 is 2.81 bits per heavy atom. The van der Waals surface area contributed by atoms with Crippen LogP contribution in [0.15, 0.2) is 23.5 Å². The topological polar surface area (TPSA) is 77.9 Å². The molecule has 1 unspecified atom stereocenters. The summed E-state index contributed by atoms with van der Waals surface area (Å²) >= 11 is 0. The number of rotatable bonds is 5. The first kappa shape index (κ1) is 12.1. The Morgan fingerprint density at radius 2 is 2.31 bits per heavy atom. The summed E-state index contributed by atoms with van der Waals surface area (Å²) in [6, 6.07) is 2.80. The number of hydrogen-bond acceptors (Lipinski definition) is 6. The number of carbonyl (C=O) groups is 1. The third-order valence-corrected chi connectivity index (χ3v) is 1.97. The summed E-state index contributed by atoms with van der Waals surface area (Å²) in [5.41, 5.74) is 0.695. The highest BCUT2D eigenvalue weighted by Crippen LogP contribution is 2.17. The van der Waals surface area contributed by atoms with Crippen molar-refractivity contribution < 1.29 is 14.3 Å². The standard InChI is InChI=1S/C10H12N2O4/c1-7(12-14)8-3-4-9(11-5-8)16-6-10(13)15-2/h3-5,7H,6H2,1-2H3. The number of pyridine rings is 1. The van der Waals surface area contributed by atoms with E-state index >= 15 is 0 Å². The molecule has 0 spiro atoms. The molecule has 0 fully saturated rings. The number of esters is 1. The number of nitroso groups, excluding NO2 is 1. The Morgan fingerprint density at radius 1 is 1.56 bits per heavy atom. The van der Waals surface area contributed by atoms with Gasteiger partial charge in [-0.25, -0.2) is 9.78 Å². The number of carbonyl (C=O) groups excluding carboxylic acids is 1. The van der Waals surface area contributed by atoms with E-state index in [9.17, 15) is 9.70 Å². The van der Waals surface area contributed by atoms with Gasteiger partial charge in [-0.15, -0.1) is 0 Å². The first-order valence-corrected chi connectivity index (χ1v) is 4.65. The van der Waals surface area contributed by atoms with Gasteiger partial charge < -0.3 is 9.47 Å². The quantitative estimate of drug-likeness (QED) is 0.559. The van der Waals surface area contributed by atoms with Crippen molar-refractivity contribution in [3.63, 3.8) is 0 Å². The van der Waals surface area contributed by atoms with E-state index in [0.29, 0.717) is 11.4 Å². The summed E-state index contributed by atoms with van der Waals surface area (Å²) in [4.78, 5) is 25.0. The van der Waals surface area contributed by atoms with E-state index in [1.807, 2.05) is 0 Å². The lowest BCUT2D eigenvalue weighted by Gasteiger charge is -2.05. The van der Waals surface area contributed by atoms with Gasteiger partial charge in [-0.05, 0) is 18.6 Å². The van der Waals surface area contributed by atoms with E-state index < -0.39 is 12.0 Å². The minimum Gasteiger partial charge on any atom is -0.466 e. The third kappa shape index (κ3) is 3.30. The Bertz CT molecular complexity index is 364. The summed E-state index contributed by atoms with van der Waals surface area (Å²) in [7, 11) is 1.28. The molecule has 1 rings (SSSR count). The van der Waals surface area contributed by atoms with E-state index in [0.717, 1.165) is 0 Å². The van der Waals surface area contributed by atoms with Crippen molar-refractivity contribution in [3.05, 3.63) is 28.8 Å². The summed E-state index contributed by atoms with van der Waals surface area (Å²) in [5.74, 6) is -0.180. The van der Waals surface area contributed by atoms with Crippen molar-refractivity contribution in [1.82, 2.24) is 4.98 Å². The molecule has 16 heavy (non-hydrogen) atoms. The van der Waals surface area contributed by atoms with Gasteiger partial charge in [0.25, 0.3) is 0 Å². The second-order valence-electron chi connectivity index (χ2n) is 3.08. The van der Waals surface area contributed by atoms with Crippen molar-refractivity contribution >= 4 is 5.97 Å². The molecular weight excluding hydrogens is 212 g/mol. The van der Waals surface area contributed by atoms with Gasteiger partial charge in [-0.3, -0.25) is 0 Å². The van der Waals surface area contributed by atoms with Gasteiger partial charge in [-0.2, -0.15) is 4.91 Å². The number of ether oxygens (including phenoxy) is 2. The lowest BCUT2D eigenvalue weighted by atomic mass is 10.2. The molecule has 0 aromatic carbocycles. The fourth-order valence-electron chi connectivity index (χ4n) is 0.977. The summed E-state index contributed by atoms with van der Waals surface area (Å²) < 4.78 is 9.44. The van der Waals surface area contributed by atoms with Gasteiger partial charge in [0.2, 0.25) is 5.88 Å². The lowest BCUT2D eigenvalue weighted by Crippen LogP contribution is -2.13. The largest absolute Gasteiger partial charge is 0.466 e. The van der Waals surface area contributed by atoms with Gasteiger partial charge in [0, 0.05) is 12.3 Å². The molecule has 86 valence electrons. The van der Waals surface area contributed by atoms with Crippen LogP contribution in [0.4, 0.5) is 0 Å². The number of aromatic nitrogens is 1. The van der Waals surface area contributed by atoms with Gasteiger partial charge in [-0.1, -0.05) is 5.18 Å². The molecule has 0 radical (unpaired) electrons. The maximum atomic E-state index is 10.8. The van der Waals surface area contributed by atoms with E-state index in [-0.39, 0.29) is 6.61 Å². The molecule has 0 aliphatic rings. The average Bonchev–Trinajstić information content (AvgIpc) is 2.35. The van der Waals surface area contributed by atoms with Crippen LogP contribution in [0.2, 0.25) is 0 Å². The summed E-state index contributed by atoms with van der Waals surface area (Å²) in [5, 5.41) is 2.87. The molecule has 0 N–H and O–H groups in total. The molecule has 0 saturated carbocycles. The molecular formula is C10H12N2O4. The van der Waals surface area contributed by atoms with Crippen molar-refractivity contribution in [2.45, 2.75) is 13.0 Å². The van der Waals surface area contributed by atoms with Crippen LogP contribution in [0.1, 0.15) is 18.5 Å². The molecule has 1 aromatic heterocycles. The highest BCUT2D eigenvalue weighted by Gasteiger charge is 2.06. The Kier molecular flexibility index (Phi) is 4.38.